The lowest BCUT2D eigenvalue weighted by molar-refractivity contribution is 0.0772. The van der Waals surface area contributed by atoms with Crippen molar-refractivity contribution in [2.75, 3.05) is 32.7 Å². The van der Waals surface area contributed by atoms with Crippen molar-refractivity contribution < 1.29 is 9.90 Å². The van der Waals surface area contributed by atoms with E-state index < -0.39 is 0 Å². The van der Waals surface area contributed by atoms with E-state index in [1.807, 2.05) is 26.0 Å². The number of phenols is 1. The monoisotopic (exact) mass is 438 g/mol. The largest absolute Gasteiger partial charge is 0.508 e. The number of hydrogen-bond donors (Lipinski definition) is 1. The molecule has 0 saturated carbocycles. The number of aromatic hydroxyl groups is 1. The molecule has 0 aliphatic carbocycles. The number of piperidine rings is 1. The smallest absolute Gasteiger partial charge is 0.256 e. The number of amides is 1. The van der Waals surface area contributed by atoms with Crippen molar-refractivity contribution in [1.29, 1.82) is 0 Å². The highest BCUT2D eigenvalue weighted by Crippen LogP contribution is 2.41. The molecule has 1 amide bonds. The summed E-state index contributed by atoms with van der Waals surface area (Å²) in [5.74, 6) is 1.65. The summed E-state index contributed by atoms with van der Waals surface area (Å²) in [6.07, 6.45) is 7.58. The van der Waals surface area contributed by atoms with E-state index in [9.17, 15) is 9.90 Å². The summed E-state index contributed by atoms with van der Waals surface area (Å²) in [6, 6.07) is 7.49. The SMILES string of the molecule is CCC[C@@H](C)CN1CCC(c2cccc(O)c2)(c2ncc(C(=O)N(CC)CC)cn2)CC1. The Labute approximate surface area is 192 Å². The number of nitrogens with zero attached hydrogens (tertiary/aromatic N) is 4. The average molecular weight is 439 g/mol. The van der Waals surface area contributed by atoms with Gasteiger partial charge in [0.25, 0.3) is 5.91 Å². The fourth-order valence-electron chi connectivity index (χ4n) is 4.97. The normalized spacial score (nSPS) is 17.1. The van der Waals surface area contributed by atoms with E-state index in [-0.39, 0.29) is 17.1 Å². The quantitative estimate of drug-likeness (QED) is 0.625. The van der Waals surface area contributed by atoms with Gasteiger partial charge in [-0.25, -0.2) is 9.97 Å². The van der Waals surface area contributed by atoms with Gasteiger partial charge in [0, 0.05) is 32.0 Å². The Balaban J connectivity index is 1.87. The van der Waals surface area contributed by atoms with Gasteiger partial charge in [-0.3, -0.25) is 4.79 Å². The average Bonchev–Trinajstić information content (AvgIpc) is 2.81. The molecule has 1 aromatic carbocycles. The van der Waals surface area contributed by atoms with Gasteiger partial charge in [-0.1, -0.05) is 32.4 Å². The molecule has 0 radical (unpaired) electrons. The minimum absolute atomic E-state index is 0.0345. The van der Waals surface area contributed by atoms with Gasteiger partial charge >= 0.3 is 0 Å². The van der Waals surface area contributed by atoms with E-state index in [2.05, 4.69) is 24.8 Å². The number of phenolic OH excluding ortho intramolecular Hbond substituents is 1. The van der Waals surface area contributed by atoms with Gasteiger partial charge in [-0.15, -0.1) is 0 Å². The summed E-state index contributed by atoms with van der Waals surface area (Å²) in [5.41, 5.74) is 1.20. The van der Waals surface area contributed by atoms with Crippen molar-refractivity contribution in [3.8, 4) is 5.75 Å². The lowest BCUT2D eigenvalue weighted by Crippen LogP contribution is -2.45. The highest BCUT2D eigenvalue weighted by molar-refractivity contribution is 5.93. The Morgan fingerprint density at radius 1 is 1.16 bits per heavy atom. The summed E-state index contributed by atoms with van der Waals surface area (Å²) in [6.45, 7) is 12.9. The van der Waals surface area contributed by atoms with Crippen LogP contribution in [0.15, 0.2) is 36.7 Å². The third-order valence-corrected chi connectivity index (χ3v) is 6.84. The molecular weight excluding hydrogens is 400 g/mol. The molecular formula is C26H38N4O2. The molecule has 6 heteroatoms. The highest BCUT2D eigenvalue weighted by atomic mass is 16.3. The third kappa shape index (κ3) is 5.29. The summed E-state index contributed by atoms with van der Waals surface area (Å²) < 4.78 is 0. The van der Waals surface area contributed by atoms with Gasteiger partial charge in [0.2, 0.25) is 0 Å². The molecule has 6 nitrogen and oxygen atoms in total. The Hall–Kier alpha value is -2.47. The van der Waals surface area contributed by atoms with Crippen LogP contribution in [0.4, 0.5) is 0 Å². The Bertz CT molecular complexity index is 872. The molecule has 3 rings (SSSR count). The standard InChI is InChI=1S/C26H38N4O2/c1-5-9-20(4)19-29-14-12-26(13-15-29,22-10-8-11-23(31)16-22)25-27-17-21(18-28-25)24(32)30(6-2)7-3/h8,10-11,16-18,20,31H,5-7,9,12-15,19H2,1-4H3/t20-/m1/s1. The van der Waals surface area contributed by atoms with Crippen molar-refractivity contribution in [3.05, 3.63) is 53.6 Å². The van der Waals surface area contributed by atoms with Crippen LogP contribution in [-0.4, -0.2) is 63.5 Å². The van der Waals surface area contributed by atoms with Crippen molar-refractivity contribution in [3.63, 3.8) is 0 Å². The molecule has 1 atom stereocenters. The van der Waals surface area contributed by atoms with Crippen LogP contribution < -0.4 is 0 Å². The number of rotatable bonds is 9. The van der Waals surface area contributed by atoms with E-state index in [4.69, 9.17) is 9.97 Å². The third-order valence-electron chi connectivity index (χ3n) is 6.84. The first kappa shape index (κ1) is 24.2. The van der Waals surface area contributed by atoms with Crippen molar-refractivity contribution in [2.24, 2.45) is 5.92 Å². The molecule has 174 valence electrons. The first-order valence-corrected chi connectivity index (χ1v) is 12.1. The Morgan fingerprint density at radius 2 is 1.81 bits per heavy atom. The van der Waals surface area contributed by atoms with E-state index in [0.29, 0.717) is 24.6 Å². The van der Waals surface area contributed by atoms with Crippen molar-refractivity contribution in [1.82, 2.24) is 19.8 Å². The summed E-state index contributed by atoms with van der Waals surface area (Å²) >= 11 is 0. The molecule has 1 aromatic heterocycles. The second-order valence-electron chi connectivity index (χ2n) is 9.10. The maximum Gasteiger partial charge on any atom is 0.256 e. The van der Waals surface area contributed by atoms with E-state index in [1.54, 1.807) is 23.4 Å². The number of carbonyl (C=O) groups excluding carboxylic acids is 1. The minimum Gasteiger partial charge on any atom is -0.508 e. The van der Waals surface area contributed by atoms with E-state index in [1.165, 1.54) is 12.8 Å². The molecule has 32 heavy (non-hydrogen) atoms. The lowest BCUT2D eigenvalue weighted by Gasteiger charge is -2.42. The molecule has 0 unspecified atom stereocenters. The number of aromatic nitrogens is 2. The number of benzene rings is 1. The summed E-state index contributed by atoms with van der Waals surface area (Å²) in [7, 11) is 0. The van der Waals surface area contributed by atoms with Crippen molar-refractivity contribution in [2.45, 2.75) is 58.8 Å². The molecule has 1 saturated heterocycles. The number of carbonyl (C=O) groups is 1. The molecule has 1 aliphatic rings. The molecule has 1 aliphatic heterocycles. The van der Waals surface area contributed by atoms with E-state index in [0.717, 1.165) is 43.9 Å². The van der Waals surface area contributed by atoms with Gasteiger partial charge < -0.3 is 14.9 Å². The van der Waals surface area contributed by atoms with Crippen LogP contribution in [0.3, 0.4) is 0 Å². The van der Waals surface area contributed by atoms with Gasteiger partial charge in [-0.05, 0) is 69.8 Å². The number of likely N-dealkylation sites (tertiary alicyclic amines) is 1. The zero-order chi connectivity index (χ0) is 23.1. The van der Waals surface area contributed by atoms with Crippen molar-refractivity contribution >= 4 is 5.91 Å². The first-order valence-electron chi connectivity index (χ1n) is 12.1. The Kier molecular flexibility index (Phi) is 8.24. The second-order valence-corrected chi connectivity index (χ2v) is 9.10. The molecule has 1 fully saturated rings. The molecule has 2 heterocycles. The molecule has 0 bridgehead atoms. The molecule has 1 N–H and O–H groups in total. The molecule has 0 spiro atoms. The van der Waals surface area contributed by atoms with Crippen LogP contribution in [0.5, 0.6) is 5.75 Å². The van der Waals surface area contributed by atoms with Crippen LogP contribution in [0.25, 0.3) is 0 Å². The van der Waals surface area contributed by atoms with Gasteiger partial charge in [0.05, 0.1) is 11.0 Å². The maximum atomic E-state index is 12.7. The van der Waals surface area contributed by atoms with Crippen LogP contribution in [0.1, 0.15) is 75.1 Å². The zero-order valence-corrected chi connectivity index (χ0v) is 20.0. The fraction of sp³-hybridized carbons (Fsp3) is 0.577. The first-order chi connectivity index (χ1) is 15.4. The predicted molar refractivity (Wildman–Crippen MR) is 128 cm³/mol. The Morgan fingerprint density at radius 3 is 2.38 bits per heavy atom. The fourth-order valence-corrected chi connectivity index (χ4v) is 4.97. The van der Waals surface area contributed by atoms with Crippen LogP contribution >= 0.6 is 0 Å². The van der Waals surface area contributed by atoms with Crippen LogP contribution in [0, 0.1) is 5.92 Å². The van der Waals surface area contributed by atoms with E-state index >= 15 is 0 Å². The summed E-state index contributed by atoms with van der Waals surface area (Å²) in [4.78, 5) is 26.4. The number of hydrogen-bond acceptors (Lipinski definition) is 5. The highest BCUT2D eigenvalue weighted by Gasteiger charge is 2.40. The second kappa shape index (κ2) is 10.9. The molecule has 2 aromatic rings. The lowest BCUT2D eigenvalue weighted by atomic mass is 9.71. The minimum atomic E-state index is -0.361. The topological polar surface area (TPSA) is 69.6 Å². The van der Waals surface area contributed by atoms with Gasteiger partial charge in [0.15, 0.2) is 0 Å². The van der Waals surface area contributed by atoms with Crippen LogP contribution in [-0.2, 0) is 5.41 Å². The van der Waals surface area contributed by atoms with Gasteiger partial charge in [-0.2, -0.15) is 0 Å². The zero-order valence-electron chi connectivity index (χ0n) is 20.0. The van der Waals surface area contributed by atoms with Gasteiger partial charge in [0.1, 0.15) is 11.6 Å². The van der Waals surface area contributed by atoms with Crippen LogP contribution in [0.2, 0.25) is 0 Å². The predicted octanol–water partition coefficient (Wildman–Crippen LogP) is 4.48. The summed E-state index contributed by atoms with van der Waals surface area (Å²) in [5, 5.41) is 10.2. The maximum absolute atomic E-state index is 12.7.